The summed E-state index contributed by atoms with van der Waals surface area (Å²) in [6.07, 6.45) is 4.72. The monoisotopic (exact) mass is 699 g/mol. The molecule has 0 amide bonds. The molecule has 1 unspecified atom stereocenters. The summed E-state index contributed by atoms with van der Waals surface area (Å²) in [5, 5.41) is 0. The van der Waals surface area contributed by atoms with Crippen molar-refractivity contribution in [3.63, 3.8) is 0 Å². The van der Waals surface area contributed by atoms with E-state index >= 15 is 0 Å². The lowest BCUT2D eigenvalue weighted by atomic mass is 9.91. The fourth-order valence-corrected chi connectivity index (χ4v) is 7.91. The first-order chi connectivity index (χ1) is 26.6. The predicted molar refractivity (Wildman–Crippen MR) is 220 cm³/mol. The van der Waals surface area contributed by atoms with Gasteiger partial charge in [-0.05, 0) is 114 Å². The van der Waals surface area contributed by atoms with Crippen molar-refractivity contribution in [2.45, 2.75) is 13.0 Å². The van der Waals surface area contributed by atoms with Gasteiger partial charge in [0.25, 0.3) is 0 Å². The van der Waals surface area contributed by atoms with E-state index in [9.17, 15) is 0 Å². The number of hydrogen-bond donors (Lipinski definition) is 0. The van der Waals surface area contributed by atoms with Crippen LogP contribution < -0.4 is 19.3 Å². The second-order valence-corrected chi connectivity index (χ2v) is 14.0. The molecular formula is C49H37N3O2. The maximum Gasteiger partial charge on any atom is 0.151 e. The van der Waals surface area contributed by atoms with E-state index in [1.54, 1.807) is 0 Å². The molecule has 7 aromatic rings. The fourth-order valence-electron chi connectivity index (χ4n) is 7.91. The van der Waals surface area contributed by atoms with Gasteiger partial charge < -0.3 is 24.2 Å². The molecule has 54 heavy (non-hydrogen) atoms. The molecule has 0 saturated carbocycles. The maximum atomic E-state index is 6.28. The number of nitrogens with zero attached hydrogens (tertiary/aromatic N) is 3. The lowest BCUT2D eigenvalue weighted by Gasteiger charge is -2.36. The average molecular weight is 700 g/mol. The van der Waals surface area contributed by atoms with Crippen LogP contribution in [0.4, 0.5) is 34.1 Å². The molecule has 10 rings (SSSR count). The predicted octanol–water partition coefficient (Wildman–Crippen LogP) is 13.3. The first-order valence-electron chi connectivity index (χ1n) is 18.3. The second kappa shape index (κ2) is 12.9. The lowest BCUT2D eigenvalue weighted by Crippen LogP contribution is -2.25. The van der Waals surface area contributed by atoms with Crippen LogP contribution in [-0.4, -0.2) is 11.9 Å². The highest BCUT2D eigenvalue weighted by atomic mass is 16.5. The molecular weight excluding hydrogens is 663 g/mol. The molecule has 0 bridgehead atoms. The maximum absolute atomic E-state index is 6.28. The van der Waals surface area contributed by atoms with Crippen LogP contribution in [-0.2, 0) is 0 Å². The van der Waals surface area contributed by atoms with Crippen LogP contribution in [0.25, 0.3) is 11.3 Å². The molecule has 0 saturated heterocycles. The summed E-state index contributed by atoms with van der Waals surface area (Å²) in [4.78, 5) is 6.96. The Morgan fingerprint density at radius 1 is 0.463 bits per heavy atom. The highest BCUT2D eigenvalue weighted by Crippen LogP contribution is 2.52. The molecule has 0 fully saturated rings. The second-order valence-electron chi connectivity index (χ2n) is 14.0. The van der Waals surface area contributed by atoms with Gasteiger partial charge in [0.1, 0.15) is 0 Å². The summed E-state index contributed by atoms with van der Waals surface area (Å²) in [6.45, 7) is 2.16. The molecule has 7 aromatic carbocycles. The summed E-state index contributed by atoms with van der Waals surface area (Å²) >= 11 is 0. The van der Waals surface area contributed by atoms with Crippen molar-refractivity contribution in [2.24, 2.45) is 0 Å². The number of para-hydroxylation sites is 8. The van der Waals surface area contributed by atoms with Crippen LogP contribution in [0.3, 0.4) is 0 Å². The van der Waals surface area contributed by atoms with Crippen molar-refractivity contribution in [3.8, 4) is 23.0 Å². The third-order valence-corrected chi connectivity index (χ3v) is 10.6. The Morgan fingerprint density at radius 2 is 0.926 bits per heavy atom. The fraction of sp³-hybridized carbons (Fsp3) is 0.0612. The quantitative estimate of drug-likeness (QED) is 0.178. The van der Waals surface area contributed by atoms with Crippen molar-refractivity contribution in [1.82, 2.24) is 4.90 Å². The molecule has 0 N–H and O–H groups in total. The van der Waals surface area contributed by atoms with Crippen molar-refractivity contribution in [1.29, 1.82) is 0 Å². The molecule has 3 heterocycles. The highest BCUT2D eigenvalue weighted by Gasteiger charge is 2.29. The summed E-state index contributed by atoms with van der Waals surface area (Å²) in [7, 11) is 2.20. The van der Waals surface area contributed by atoms with Gasteiger partial charge in [0.05, 0.1) is 28.8 Å². The van der Waals surface area contributed by atoms with Crippen molar-refractivity contribution in [2.75, 3.05) is 16.8 Å². The van der Waals surface area contributed by atoms with E-state index in [1.165, 1.54) is 22.3 Å². The molecule has 0 aromatic heterocycles. The van der Waals surface area contributed by atoms with Crippen molar-refractivity contribution < 1.29 is 9.47 Å². The van der Waals surface area contributed by atoms with E-state index in [0.29, 0.717) is 0 Å². The van der Waals surface area contributed by atoms with Gasteiger partial charge >= 0.3 is 0 Å². The minimum absolute atomic E-state index is 0.0106. The Morgan fingerprint density at radius 3 is 1.41 bits per heavy atom. The van der Waals surface area contributed by atoms with Gasteiger partial charge in [0.2, 0.25) is 0 Å². The number of hydrogen-bond acceptors (Lipinski definition) is 5. The highest BCUT2D eigenvalue weighted by molar-refractivity contribution is 5.90. The number of allylic oxidation sites excluding steroid dienone is 2. The van der Waals surface area contributed by atoms with Gasteiger partial charge in [-0.25, -0.2) is 0 Å². The van der Waals surface area contributed by atoms with E-state index in [-0.39, 0.29) is 6.04 Å². The van der Waals surface area contributed by atoms with Gasteiger partial charge in [0.15, 0.2) is 23.0 Å². The molecule has 1 atom stereocenters. The molecule has 3 aliphatic rings. The van der Waals surface area contributed by atoms with E-state index in [1.807, 2.05) is 48.5 Å². The largest absolute Gasteiger partial charge is 0.453 e. The molecule has 0 aliphatic carbocycles. The molecule has 3 aliphatic heterocycles. The summed E-state index contributed by atoms with van der Waals surface area (Å²) in [6, 6.07) is 59.6. The van der Waals surface area contributed by atoms with Crippen molar-refractivity contribution in [3.05, 3.63) is 204 Å². The smallest absolute Gasteiger partial charge is 0.151 e. The van der Waals surface area contributed by atoms with E-state index in [4.69, 9.17) is 9.47 Å². The Kier molecular flexibility index (Phi) is 7.58. The van der Waals surface area contributed by atoms with Crippen LogP contribution in [0, 0.1) is 6.92 Å². The van der Waals surface area contributed by atoms with Crippen LogP contribution in [0.2, 0.25) is 0 Å². The van der Waals surface area contributed by atoms with Crippen LogP contribution >= 0.6 is 0 Å². The van der Waals surface area contributed by atoms with E-state index in [0.717, 1.165) is 68.4 Å². The Balaban J connectivity index is 1.02. The zero-order valence-corrected chi connectivity index (χ0v) is 30.1. The Labute approximate surface area is 315 Å². The Bertz CT molecular complexity index is 2520. The standard InChI is InChI=1S/C49H37N3O2/c1-33-12-11-13-36(30-33)37-31-44(34-22-26-38(27-23-34)51-40-14-3-7-18-46(40)53-47-19-8-4-15-41(47)51)50(2)45(32-37)35-24-28-39(29-25-35)52-42-16-5-9-20-48(42)54-49-21-10-6-17-43(49)52/h3-32,44H,1-2H3. The number of anilines is 6. The summed E-state index contributed by atoms with van der Waals surface area (Å²) < 4.78 is 12.6. The SMILES string of the molecule is Cc1cccc(C2=CC(c3ccc(N4c5ccccc5Oc5ccccc54)cc3)N(C)C(c3ccc(N4c5ccccc5Oc5ccccc54)cc3)=C2)c1. The number of likely N-dealkylation sites (N-methyl/N-ethyl adjacent to an activating group) is 1. The zero-order valence-electron chi connectivity index (χ0n) is 30.1. The molecule has 0 radical (unpaired) electrons. The summed E-state index contributed by atoms with van der Waals surface area (Å²) in [5.74, 6) is 3.39. The number of rotatable bonds is 5. The average Bonchev–Trinajstić information content (AvgIpc) is 3.22. The van der Waals surface area contributed by atoms with E-state index in [2.05, 4.69) is 162 Å². The lowest BCUT2D eigenvalue weighted by molar-refractivity contribution is 0.413. The number of ether oxygens (including phenoxy) is 2. The first-order valence-corrected chi connectivity index (χ1v) is 18.3. The van der Waals surface area contributed by atoms with Gasteiger partial charge in [-0.15, -0.1) is 0 Å². The van der Waals surface area contributed by atoms with Crippen LogP contribution in [0.1, 0.15) is 28.3 Å². The van der Waals surface area contributed by atoms with Gasteiger partial charge in [-0.2, -0.15) is 0 Å². The molecule has 260 valence electrons. The minimum Gasteiger partial charge on any atom is -0.453 e. The molecule has 5 heteroatoms. The number of benzene rings is 7. The number of aryl methyl sites for hydroxylation is 1. The van der Waals surface area contributed by atoms with Crippen LogP contribution in [0.5, 0.6) is 23.0 Å². The van der Waals surface area contributed by atoms with Crippen LogP contribution in [0.15, 0.2) is 182 Å². The minimum atomic E-state index is 0.0106. The zero-order chi connectivity index (χ0) is 36.2. The normalized spacial score (nSPS) is 15.4. The topological polar surface area (TPSA) is 28.2 Å². The van der Waals surface area contributed by atoms with Gasteiger partial charge in [0, 0.05) is 24.1 Å². The van der Waals surface area contributed by atoms with Crippen molar-refractivity contribution >= 4 is 45.4 Å². The third kappa shape index (κ3) is 5.41. The van der Waals surface area contributed by atoms with E-state index < -0.39 is 0 Å². The van der Waals surface area contributed by atoms with Gasteiger partial charge in [-0.3, -0.25) is 0 Å². The summed E-state index contributed by atoms with van der Waals surface area (Å²) in [5.41, 5.74) is 13.4. The molecule has 0 spiro atoms. The third-order valence-electron chi connectivity index (χ3n) is 10.6. The number of fused-ring (bicyclic) bond motifs is 4. The molecule has 5 nitrogen and oxygen atoms in total. The Hall–Kier alpha value is -6.98. The first kappa shape index (κ1) is 31.7. The van der Waals surface area contributed by atoms with Gasteiger partial charge in [-0.1, -0.05) is 103 Å².